The van der Waals surface area contributed by atoms with Gasteiger partial charge >= 0.3 is 0 Å². The van der Waals surface area contributed by atoms with E-state index in [1.165, 1.54) is 22.9 Å². The van der Waals surface area contributed by atoms with Crippen molar-refractivity contribution in [3.63, 3.8) is 0 Å². The number of tetrazole rings is 1. The Morgan fingerprint density at radius 2 is 1.81 bits per heavy atom. The Morgan fingerprint density at radius 1 is 1.06 bits per heavy atom. The molecule has 0 spiro atoms. The number of hydrogen-bond donors (Lipinski definition) is 1. The highest BCUT2D eigenvalue weighted by Crippen LogP contribution is 2.24. The number of halogens is 1. The number of methoxy groups -OCH3 is 1. The minimum Gasteiger partial charge on any atom is -0.497 e. The molecule has 31 heavy (non-hydrogen) atoms. The first-order chi connectivity index (χ1) is 14.9. The van der Waals surface area contributed by atoms with Crippen molar-refractivity contribution >= 4 is 11.6 Å². The predicted octanol–water partition coefficient (Wildman–Crippen LogP) is 3.78. The van der Waals surface area contributed by atoms with Gasteiger partial charge in [0, 0.05) is 22.8 Å². The van der Waals surface area contributed by atoms with Crippen molar-refractivity contribution in [3.8, 4) is 17.1 Å². The summed E-state index contributed by atoms with van der Waals surface area (Å²) in [6.07, 6.45) is 0. The molecule has 0 saturated carbocycles. The summed E-state index contributed by atoms with van der Waals surface area (Å²) in [4.78, 5) is 13.0. The van der Waals surface area contributed by atoms with E-state index in [2.05, 4.69) is 20.8 Å². The lowest BCUT2D eigenvalue weighted by Crippen LogP contribution is -2.14. The summed E-state index contributed by atoms with van der Waals surface area (Å²) >= 11 is 0. The van der Waals surface area contributed by atoms with E-state index in [1.54, 1.807) is 14.0 Å². The average Bonchev–Trinajstić information content (AvgIpc) is 3.32. The van der Waals surface area contributed by atoms with Crippen molar-refractivity contribution in [3.05, 3.63) is 77.1 Å². The molecule has 4 aromatic rings. The lowest BCUT2D eigenvalue weighted by Gasteiger charge is -2.11. The fourth-order valence-corrected chi connectivity index (χ4v) is 3.53. The molecule has 0 bridgehead atoms. The third-order valence-electron chi connectivity index (χ3n) is 5.06. The van der Waals surface area contributed by atoms with Gasteiger partial charge in [0.05, 0.1) is 12.7 Å². The van der Waals surface area contributed by atoms with Crippen LogP contribution in [-0.4, -0.2) is 37.8 Å². The molecule has 8 nitrogen and oxygen atoms in total. The Hall–Kier alpha value is -4.01. The molecular formula is C22H21FN6O2. The molecule has 1 N–H and O–H groups in total. The smallest absolute Gasteiger partial charge is 0.257 e. The van der Waals surface area contributed by atoms with Gasteiger partial charge in [-0.15, -0.1) is 5.10 Å². The van der Waals surface area contributed by atoms with Gasteiger partial charge in [-0.1, -0.05) is 0 Å². The first-order valence-electron chi connectivity index (χ1n) is 9.58. The molecule has 0 saturated heterocycles. The zero-order valence-electron chi connectivity index (χ0n) is 17.5. The van der Waals surface area contributed by atoms with Crippen molar-refractivity contribution in [2.24, 2.45) is 0 Å². The second kappa shape index (κ2) is 8.02. The van der Waals surface area contributed by atoms with Crippen LogP contribution < -0.4 is 10.1 Å². The number of ether oxygens (including phenoxy) is 1. The Kier molecular flexibility index (Phi) is 5.24. The molecule has 0 unspecified atom stereocenters. The number of aromatic nitrogens is 5. The predicted molar refractivity (Wildman–Crippen MR) is 114 cm³/mol. The summed E-state index contributed by atoms with van der Waals surface area (Å²) in [5.41, 5.74) is 3.75. The van der Waals surface area contributed by atoms with Crippen LogP contribution in [-0.2, 0) is 0 Å². The van der Waals surface area contributed by atoms with Crippen LogP contribution in [0, 0.1) is 26.6 Å². The fourth-order valence-electron chi connectivity index (χ4n) is 3.53. The van der Waals surface area contributed by atoms with Crippen LogP contribution in [0.2, 0.25) is 0 Å². The molecule has 0 atom stereocenters. The third kappa shape index (κ3) is 3.77. The first kappa shape index (κ1) is 20.3. The lowest BCUT2D eigenvalue weighted by molar-refractivity contribution is 0.102. The summed E-state index contributed by atoms with van der Waals surface area (Å²) in [5, 5.41) is 13.9. The SMILES string of the molecule is COc1ccc(-n2c(C)cc(C(=O)Nc3ccc(F)c(-n4nnnc4C)c3)c2C)cc1. The normalized spacial score (nSPS) is 10.9. The van der Waals surface area contributed by atoms with Crippen LogP contribution in [0.1, 0.15) is 27.6 Å². The molecule has 9 heteroatoms. The summed E-state index contributed by atoms with van der Waals surface area (Å²) in [5.74, 6) is 0.407. The molecule has 0 fully saturated rings. The number of nitrogens with one attached hydrogen (secondary N) is 1. The third-order valence-corrected chi connectivity index (χ3v) is 5.06. The topological polar surface area (TPSA) is 86.9 Å². The fraction of sp³-hybridized carbons (Fsp3) is 0.182. The first-order valence-corrected chi connectivity index (χ1v) is 9.58. The highest BCUT2D eigenvalue weighted by atomic mass is 19.1. The maximum Gasteiger partial charge on any atom is 0.257 e. The van der Waals surface area contributed by atoms with Crippen LogP contribution in [0.4, 0.5) is 10.1 Å². The van der Waals surface area contributed by atoms with Crippen LogP contribution >= 0.6 is 0 Å². The maximum absolute atomic E-state index is 14.3. The van der Waals surface area contributed by atoms with E-state index in [4.69, 9.17) is 4.74 Å². The number of carbonyl (C=O) groups is 1. The van der Waals surface area contributed by atoms with E-state index < -0.39 is 5.82 Å². The van der Waals surface area contributed by atoms with Gasteiger partial charge in [-0.3, -0.25) is 4.79 Å². The number of anilines is 1. The van der Waals surface area contributed by atoms with Crippen molar-refractivity contribution in [1.82, 2.24) is 24.8 Å². The summed E-state index contributed by atoms with van der Waals surface area (Å²) in [7, 11) is 1.62. The number of rotatable bonds is 5. The summed E-state index contributed by atoms with van der Waals surface area (Å²) in [6, 6.07) is 13.7. The molecule has 158 valence electrons. The standard InChI is InChI=1S/C22H21FN6O2/c1-13-11-19(14(2)28(13)17-6-8-18(31-4)9-7-17)22(30)24-16-5-10-20(23)21(12-16)29-15(3)25-26-27-29/h5-12H,1-4H3,(H,24,30). The molecule has 2 heterocycles. The highest BCUT2D eigenvalue weighted by Gasteiger charge is 2.18. The number of aryl methyl sites for hydroxylation is 2. The molecule has 2 aromatic carbocycles. The van der Waals surface area contributed by atoms with Gasteiger partial charge in [-0.2, -0.15) is 4.68 Å². The Labute approximate surface area is 178 Å². The quantitative estimate of drug-likeness (QED) is 0.531. The van der Waals surface area contributed by atoms with Gasteiger partial charge in [-0.25, -0.2) is 4.39 Å². The number of carbonyl (C=O) groups excluding carboxylic acids is 1. The molecule has 0 aliphatic heterocycles. The lowest BCUT2D eigenvalue weighted by atomic mass is 10.2. The molecule has 4 rings (SSSR count). The van der Waals surface area contributed by atoms with Gasteiger partial charge in [0.15, 0.2) is 5.82 Å². The molecule has 0 aliphatic rings. The van der Waals surface area contributed by atoms with E-state index in [1.807, 2.05) is 48.7 Å². The zero-order valence-corrected chi connectivity index (χ0v) is 17.5. The Morgan fingerprint density at radius 3 is 2.45 bits per heavy atom. The van der Waals surface area contributed by atoms with E-state index in [0.29, 0.717) is 17.1 Å². The maximum atomic E-state index is 14.3. The summed E-state index contributed by atoms with van der Waals surface area (Å²) in [6.45, 7) is 5.48. The van der Waals surface area contributed by atoms with Crippen LogP contribution in [0.15, 0.2) is 48.5 Å². The van der Waals surface area contributed by atoms with Gasteiger partial charge in [0.2, 0.25) is 0 Å². The van der Waals surface area contributed by atoms with Gasteiger partial charge in [-0.05, 0) is 79.7 Å². The van der Waals surface area contributed by atoms with Gasteiger partial charge in [0.25, 0.3) is 5.91 Å². The minimum absolute atomic E-state index is 0.156. The highest BCUT2D eigenvalue weighted by molar-refractivity contribution is 6.05. The van der Waals surface area contributed by atoms with E-state index in [9.17, 15) is 9.18 Å². The van der Waals surface area contributed by atoms with E-state index in [-0.39, 0.29) is 11.6 Å². The van der Waals surface area contributed by atoms with Crippen molar-refractivity contribution in [2.75, 3.05) is 12.4 Å². The molecular weight excluding hydrogens is 399 g/mol. The van der Waals surface area contributed by atoms with Gasteiger partial charge in [0.1, 0.15) is 17.3 Å². The van der Waals surface area contributed by atoms with Crippen molar-refractivity contribution in [2.45, 2.75) is 20.8 Å². The zero-order chi connectivity index (χ0) is 22.1. The van der Waals surface area contributed by atoms with E-state index in [0.717, 1.165) is 22.8 Å². The molecule has 0 radical (unpaired) electrons. The number of nitrogens with zero attached hydrogens (tertiary/aromatic N) is 5. The Balaban J connectivity index is 1.63. The monoisotopic (exact) mass is 420 g/mol. The summed E-state index contributed by atoms with van der Waals surface area (Å²) < 4.78 is 22.8. The Bertz CT molecular complexity index is 1260. The van der Waals surface area contributed by atoms with Gasteiger partial charge < -0.3 is 14.6 Å². The average molecular weight is 420 g/mol. The van der Waals surface area contributed by atoms with Crippen LogP contribution in [0.25, 0.3) is 11.4 Å². The number of amides is 1. The number of benzene rings is 2. The van der Waals surface area contributed by atoms with Crippen LogP contribution in [0.3, 0.4) is 0 Å². The molecule has 0 aliphatic carbocycles. The molecule has 2 aromatic heterocycles. The van der Waals surface area contributed by atoms with Crippen LogP contribution in [0.5, 0.6) is 5.75 Å². The second-order valence-electron chi connectivity index (χ2n) is 7.08. The number of hydrogen-bond acceptors (Lipinski definition) is 5. The van der Waals surface area contributed by atoms with Crippen molar-refractivity contribution in [1.29, 1.82) is 0 Å². The van der Waals surface area contributed by atoms with E-state index >= 15 is 0 Å². The minimum atomic E-state index is -0.494. The van der Waals surface area contributed by atoms with Crippen molar-refractivity contribution < 1.29 is 13.9 Å². The second-order valence-corrected chi connectivity index (χ2v) is 7.08. The molecule has 1 amide bonds. The largest absolute Gasteiger partial charge is 0.497 e.